The summed E-state index contributed by atoms with van der Waals surface area (Å²) < 4.78 is 0. The second kappa shape index (κ2) is 10.8. The van der Waals surface area contributed by atoms with E-state index < -0.39 is 0 Å². The second-order valence-corrected chi connectivity index (χ2v) is 7.50. The number of carbonyl (C=O) groups excluding carboxylic acids is 2. The van der Waals surface area contributed by atoms with Crippen LogP contribution in [-0.2, 0) is 9.59 Å². The number of rotatable bonds is 10. The summed E-state index contributed by atoms with van der Waals surface area (Å²) in [5, 5.41) is 12.2. The quantitative estimate of drug-likeness (QED) is 0.656. The maximum absolute atomic E-state index is 12.4. The van der Waals surface area contributed by atoms with Crippen molar-refractivity contribution in [2.75, 3.05) is 11.9 Å². The van der Waals surface area contributed by atoms with Crippen molar-refractivity contribution in [1.82, 2.24) is 15.1 Å². The average molecular weight is 389 g/mol. The summed E-state index contributed by atoms with van der Waals surface area (Å²) in [5.74, 6) is -0.0244. The van der Waals surface area contributed by atoms with E-state index in [1.54, 1.807) is 0 Å². The zero-order chi connectivity index (χ0) is 19.6. The Hall–Kier alpha value is -2.28. The second-order valence-electron chi connectivity index (χ2n) is 6.52. The summed E-state index contributed by atoms with van der Waals surface area (Å²) in [7, 11) is 0. The molecular formula is C20H28N4O2S. The Morgan fingerprint density at radius 2 is 1.89 bits per heavy atom. The third kappa shape index (κ3) is 6.43. The van der Waals surface area contributed by atoms with E-state index in [1.165, 1.54) is 11.3 Å². The minimum atomic E-state index is -0.151. The lowest BCUT2D eigenvalue weighted by atomic mass is 10.1. The number of benzene rings is 1. The fraction of sp³-hybridized carbons (Fsp3) is 0.500. The van der Waals surface area contributed by atoms with Crippen LogP contribution in [0.2, 0.25) is 0 Å². The van der Waals surface area contributed by atoms with Crippen LogP contribution in [0.1, 0.15) is 52.9 Å². The lowest BCUT2D eigenvalue weighted by Gasteiger charge is -2.28. The largest absolute Gasteiger partial charge is 0.339 e. The van der Waals surface area contributed by atoms with E-state index in [9.17, 15) is 9.59 Å². The van der Waals surface area contributed by atoms with Gasteiger partial charge in [0, 0.05) is 31.0 Å². The Morgan fingerprint density at radius 3 is 2.56 bits per heavy atom. The van der Waals surface area contributed by atoms with E-state index in [0.29, 0.717) is 18.1 Å². The third-order valence-corrected chi connectivity index (χ3v) is 5.35. The predicted molar refractivity (Wildman–Crippen MR) is 110 cm³/mol. The molecule has 6 nitrogen and oxygen atoms in total. The van der Waals surface area contributed by atoms with Crippen molar-refractivity contribution < 1.29 is 9.59 Å². The van der Waals surface area contributed by atoms with Gasteiger partial charge in [0.2, 0.25) is 16.9 Å². The Bertz CT molecular complexity index is 733. The van der Waals surface area contributed by atoms with Crippen LogP contribution in [0.15, 0.2) is 30.3 Å². The van der Waals surface area contributed by atoms with Gasteiger partial charge in [-0.1, -0.05) is 61.9 Å². The molecule has 0 spiro atoms. The molecule has 1 unspecified atom stereocenters. The molecular weight excluding hydrogens is 360 g/mol. The molecule has 1 aromatic carbocycles. The summed E-state index contributed by atoms with van der Waals surface area (Å²) in [5.41, 5.74) is 0.972. The summed E-state index contributed by atoms with van der Waals surface area (Å²) in [6, 6.07) is 9.87. The van der Waals surface area contributed by atoms with Gasteiger partial charge in [0.25, 0.3) is 0 Å². The van der Waals surface area contributed by atoms with E-state index in [-0.39, 0.29) is 24.3 Å². The van der Waals surface area contributed by atoms with E-state index in [2.05, 4.69) is 29.4 Å². The van der Waals surface area contributed by atoms with Gasteiger partial charge in [-0.15, -0.1) is 10.2 Å². The molecule has 27 heavy (non-hydrogen) atoms. The Morgan fingerprint density at radius 1 is 1.15 bits per heavy atom. The van der Waals surface area contributed by atoms with Gasteiger partial charge in [0.05, 0.1) is 0 Å². The van der Waals surface area contributed by atoms with Gasteiger partial charge >= 0.3 is 0 Å². The fourth-order valence-corrected chi connectivity index (χ4v) is 3.42. The lowest BCUT2D eigenvalue weighted by molar-refractivity contribution is -0.133. The van der Waals surface area contributed by atoms with Gasteiger partial charge < -0.3 is 10.2 Å². The highest BCUT2D eigenvalue weighted by atomic mass is 32.1. The maximum atomic E-state index is 12.4. The fourth-order valence-electron chi connectivity index (χ4n) is 2.66. The molecule has 1 atom stereocenters. The number of carbonyl (C=O) groups is 2. The molecule has 2 rings (SSSR count). The molecule has 0 bridgehead atoms. The number of hydrogen-bond donors (Lipinski definition) is 1. The number of nitrogens with zero attached hydrogens (tertiary/aromatic N) is 3. The minimum Gasteiger partial charge on any atom is -0.339 e. The molecule has 0 radical (unpaired) electrons. The highest BCUT2D eigenvalue weighted by molar-refractivity contribution is 7.18. The minimum absolute atomic E-state index is 0.126. The van der Waals surface area contributed by atoms with Crippen molar-refractivity contribution in [1.29, 1.82) is 0 Å². The van der Waals surface area contributed by atoms with Gasteiger partial charge in [-0.2, -0.15) is 0 Å². The summed E-state index contributed by atoms with van der Waals surface area (Å²) in [6.07, 6.45) is 3.53. The first-order chi connectivity index (χ1) is 13.0. The standard InChI is InChI=1S/C20H28N4O2S/c1-4-6-12-18(26)24(15(3)5-2)14-13-17(25)21-20-23-22-19(27-20)16-10-8-7-9-11-16/h7-11,15H,4-6,12-14H2,1-3H3,(H,21,23,25). The number of anilines is 1. The van der Waals surface area contributed by atoms with E-state index in [4.69, 9.17) is 0 Å². The molecule has 0 fully saturated rings. The van der Waals surface area contributed by atoms with Gasteiger partial charge in [0.1, 0.15) is 5.01 Å². The third-order valence-electron chi connectivity index (χ3n) is 4.46. The van der Waals surface area contributed by atoms with E-state index in [0.717, 1.165) is 29.8 Å². The first kappa shape index (κ1) is 21.0. The molecule has 0 aliphatic rings. The van der Waals surface area contributed by atoms with Crippen molar-refractivity contribution in [2.45, 2.75) is 58.9 Å². The lowest BCUT2D eigenvalue weighted by Crippen LogP contribution is -2.40. The molecule has 2 amide bonds. The van der Waals surface area contributed by atoms with Crippen LogP contribution in [0.4, 0.5) is 5.13 Å². The number of hydrogen-bond acceptors (Lipinski definition) is 5. The van der Waals surface area contributed by atoms with Crippen molar-refractivity contribution >= 4 is 28.3 Å². The van der Waals surface area contributed by atoms with Crippen molar-refractivity contribution in [3.8, 4) is 10.6 Å². The zero-order valence-corrected chi connectivity index (χ0v) is 17.1. The molecule has 1 N–H and O–H groups in total. The molecule has 2 aromatic rings. The Labute approximate surface area is 165 Å². The van der Waals surface area contributed by atoms with E-state index >= 15 is 0 Å². The molecule has 0 aliphatic carbocycles. The molecule has 1 aromatic heterocycles. The number of nitrogens with one attached hydrogen (secondary N) is 1. The van der Waals surface area contributed by atoms with Crippen LogP contribution in [0.5, 0.6) is 0 Å². The smallest absolute Gasteiger partial charge is 0.227 e. The van der Waals surface area contributed by atoms with Gasteiger partial charge in [0.15, 0.2) is 0 Å². The van der Waals surface area contributed by atoms with Crippen LogP contribution in [0, 0.1) is 0 Å². The molecule has 0 aliphatic heterocycles. The van der Waals surface area contributed by atoms with Crippen molar-refractivity contribution in [2.24, 2.45) is 0 Å². The topological polar surface area (TPSA) is 75.2 Å². The number of aromatic nitrogens is 2. The average Bonchev–Trinajstić information content (AvgIpc) is 3.15. The maximum Gasteiger partial charge on any atom is 0.227 e. The normalized spacial score (nSPS) is 11.8. The highest BCUT2D eigenvalue weighted by Gasteiger charge is 2.19. The van der Waals surface area contributed by atoms with Gasteiger partial charge in [-0.05, 0) is 19.8 Å². The first-order valence-electron chi connectivity index (χ1n) is 9.53. The van der Waals surface area contributed by atoms with Crippen LogP contribution in [-0.4, -0.2) is 39.5 Å². The summed E-state index contributed by atoms with van der Waals surface area (Å²) in [6.45, 7) is 6.57. The molecule has 146 valence electrons. The van der Waals surface area contributed by atoms with Crippen LogP contribution in [0.3, 0.4) is 0 Å². The molecule has 0 saturated carbocycles. The Kier molecular flexibility index (Phi) is 8.39. The summed E-state index contributed by atoms with van der Waals surface area (Å²) >= 11 is 1.34. The van der Waals surface area contributed by atoms with Crippen LogP contribution >= 0.6 is 11.3 Å². The van der Waals surface area contributed by atoms with Crippen molar-refractivity contribution in [3.05, 3.63) is 30.3 Å². The monoisotopic (exact) mass is 388 g/mol. The molecule has 0 saturated heterocycles. The number of amides is 2. The summed E-state index contributed by atoms with van der Waals surface area (Å²) in [4.78, 5) is 26.5. The Balaban J connectivity index is 1.90. The first-order valence-corrected chi connectivity index (χ1v) is 10.3. The zero-order valence-electron chi connectivity index (χ0n) is 16.3. The highest BCUT2D eigenvalue weighted by Crippen LogP contribution is 2.25. The SMILES string of the molecule is CCCCC(=O)N(CCC(=O)Nc1nnc(-c2ccccc2)s1)C(C)CC. The molecule has 7 heteroatoms. The van der Waals surface area contributed by atoms with Crippen LogP contribution < -0.4 is 5.32 Å². The number of unbranched alkanes of at least 4 members (excludes halogenated alkanes) is 1. The van der Waals surface area contributed by atoms with Gasteiger partial charge in [-0.3, -0.25) is 9.59 Å². The molecule has 1 heterocycles. The van der Waals surface area contributed by atoms with Gasteiger partial charge in [-0.25, -0.2) is 0 Å². The predicted octanol–water partition coefficient (Wildman–Crippen LogP) is 4.35. The van der Waals surface area contributed by atoms with Crippen molar-refractivity contribution in [3.63, 3.8) is 0 Å². The van der Waals surface area contributed by atoms with E-state index in [1.807, 2.05) is 42.2 Å². The van der Waals surface area contributed by atoms with Crippen LogP contribution in [0.25, 0.3) is 10.6 Å².